The number of fused-ring (bicyclic) bond motifs is 1. The van der Waals surface area contributed by atoms with Crippen LogP contribution in [0.15, 0.2) is 24.3 Å². The lowest BCUT2D eigenvalue weighted by Crippen LogP contribution is -2.56. The Hall–Kier alpha value is -2.24. The number of carbonyl (C=O) groups is 2. The maximum absolute atomic E-state index is 12.9. The van der Waals surface area contributed by atoms with E-state index in [2.05, 4.69) is 0 Å². The third kappa shape index (κ3) is 3.50. The molecule has 0 bridgehead atoms. The number of urea groups is 1. The van der Waals surface area contributed by atoms with E-state index in [0.29, 0.717) is 32.8 Å². The first-order chi connectivity index (χ1) is 12.7. The summed E-state index contributed by atoms with van der Waals surface area (Å²) in [6.45, 7) is 4.69. The number of amides is 3. The van der Waals surface area contributed by atoms with Crippen molar-refractivity contribution >= 4 is 11.9 Å². The lowest BCUT2D eigenvalue weighted by atomic mass is 9.95. The number of para-hydroxylation sites is 1. The van der Waals surface area contributed by atoms with E-state index in [0.717, 1.165) is 43.7 Å². The van der Waals surface area contributed by atoms with E-state index in [4.69, 9.17) is 4.74 Å². The third-order valence-electron chi connectivity index (χ3n) is 5.72. The summed E-state index contributed by atoms with van der Waals surface area (Å²) in [5, 5.41) is 0. The zero-order valence-electron chi connectivity index (χ0n) is 15.2. The van der Waals surface area contributed by atoms with E-state index < -0.39 is 0 Å². The Balaban J connectivity index is 1.30. The molecular weight excluding hydrogens is 330 g/mol. The number of carbonyl (C=O) groups excluding carboxylic acids is 2. The van der Waals surface area contributed by atoms with Gasteiger partial charge in [0.15, 0.2) is 0 Å². The highest BCUT2D eigenvalue weighted by molar-refractivity contribution is 5.80. The first-order valence-corrected chi connectivity index (χ1v) is 9.76. The SMILES string of the molecule is O=C(C1COc2ccccc2C1)N1CCN(C(=O)N2CCCCC2)CC1. The summed E-state index contributed by atoms with van der Waals surface area (Å²) < 4.78 is 5.77. The van der Waals surface area contributed by atoms with Gasteiger partial charge in [-0.05, 0) is 37.3 Å². The number of ether oxygens (including phenoxy) is 1. The molecule has 6 heteroatoms. The first kappa shape index (κ1) is 17.2. The van der Waals surface area contributed by atoms with Gasteiger partial charge in [0.25, 0.3) is 0 Å². The van der Waals surface area contributed by atoms with Crippen LogP contribution >= 0.6 is 0 Å². The van der Waals surface area contributed by atoms with Crippen molar-refractivity contribution in [1.29, 1.82) is 0 Å². The minimum atomic E-state index is -0.116. The molecule has 26 heavy (non-hydrogen) atoms. The molecule has 3 aliphatic rings. The highest BCUT2D eigenvalue weighted by atomic mass is 16.5. The second-order valence-corrected chi connectivity index (χ2v) is 7.46. The molecule has 3 amide bonds. The maximum Gasteiger partial charge on any atom is 0.320 e. The number of hydrogen-bond donors (Lipinski definition) is 0. The van der Waals surface area contributed by atoms with Crippen molar-refractivity contribution in [2.45, 2.75) is 25.7 Å². The van der Waals surface area contributed by atoms with Gasteiger partial charge < -0.3 is 19.4 Å². The zero-order valence-corrected chi connectivity index (χ0v) is 15.2. The molecule has 3 aliphatic heterocycles. The standard InChI is InChI=1S/C20H27N3O3/c24-19(17-14-16-6-2-3-7-18(16)26-15-17)21-10-12-23(13-11-21)20(25)22-8-4-1-5-9-22/h2-3,6-7,17H,1,4-5,8-15H2. The maximum atomic E-state index is 12.9. The van der Waals surface area contributed by atoms with Crippen molar-refractivity contribution in [2.75, 3.05) is 45.9 Å². The van der Waals surface area contributed by atoms with Crippen molar-refractivity contribution < 1.29 is 14.3 Å². The van der Waals surface area contributed by atoms with Crippen LogP contribution in [-0.2, 0) is 11.2 Å². The summed E-state index contributed by atoms with van der Waals surface area (Å²) in [6.07, 6.45) is 4.17. The third-order valence-corrected chi connectivity index (χ3v) is 5.72. The fourth-order valence-electron chi connectivity index (χ4n) is 4.15. The van der Waals surface area contributed by atoms with Crippen LogP contribution in [0, 0.1) is 5.92 Å². The van der Waals surface area contributed by atoms with Gasteiger partial charge in [0.1, 0.15) is 12.4 Å². The number of piperidine rings is 1. The van der Waals surface area contributed by atoms with Gasteiger partial charge in [0, 0.05) is 39.3 Å². The summed E-state index contributed by atoms with van der Waals surface area (Å²) in [5.74, 6) is 0.937. The molecule has 2 saturated heterocycles. The number of piperazine rings is 1. The van der Waals surface area contributed by atoms with Crippen LogP contribution in [0.3, 0.4) is 0 Å². The van der Waals surface area contributed by atoms with Crippen LogP contribution in [0.2, 0.25) is 0 Å². The van der Waals surface area contributed by atoms with E-state index in [9.17, 15) is 9.59 Å². The normalized spacial score (nSPS) is 23.2. The summed E-state index contributed by atoms with van der Waals surface area (Å²) >= 11 is 0. The first-order valence-electron chi connectivity index (χ1n) is 9.76. The van der Waals surface area contributed by atoms with Gasteiger partial charge in [-0.15, -0.1) is 0 Å². The largest absolute Gasteiger partial charge is 0.492 e. The smallest absolute Gasteiger partial charge is 0.320 e. The van der Waals surface area contributed by atoms with Crippen LogP contribution in [0.25, 0.3) is 0 Å². The van der Waals surface area contributed by atoms with Crippen LogP contribution < -0.4 is 4.74 Å². The Bertz CT molecular complexity index is 664. The summed E-state index contributed by atoms with van der Waals surface area (Å²) in [6, 6.07) is 8.08. The molecule has 6 nitrogen and oxygen atoms in total. The van der Waals surface area contributed by atoms with Gasteiger partial charge in [-0.1, -0.05) is 18.2 Å². The van der Waals surface area contributed by atoms with Gasteiger partial charge in [-0.2, -0.15) is 0 Å². The molecule has 0 radical (unpaired) electrons. The van der Waals surface area contributed by atoms with E-state index >= 15 is 0 Å². The summed E-state index contributed by atoms with van der Waals surface area (Å²) in [5.41, 5.74) is 1.11. The monoisotopic (exact) mass is 357 g/mol. The van der Waals surface area contributed by atoms with Gasteiger partial charge in [0.05, 0.1) is 5.92 Å². The highest BCUT2D eigenvalue weighted by Crippen LogP contribution is 2.28. The minimum Gasteiger partial charge on any atom is -0.492 e. The molecule has 1 aromatic rings. The van der Waals surface area contributed by atoms with Gasteiger partial charge >= 0.3 is 6.03 Å². The van der Waals surface area contributed by atoms with Gasteiger partial charge in [-0.3, -0.25) is 4.79 Å². The lowest BCUT2D eigenvalue weighted by molar-refractivity contribution is -0.138. The summed E-state index contributed by atoms with van der Waals surface area (Å²) in [7, 11) is 0. The minimum absolute atomic E-state index is 0.116. The molecule has 140 valence electrons. The Morgan fingerprint density at radius 3 is 2.27 bits per heavy atom. The summed E-state index contributed by atoms with van der Waals surface area (Å²) in [4.78, 5) is 31.2. The predicted molar refractivity (Wildman–Crippen MR) is 98.1 cm³/mol. The number of benzene rings is 1. The molecule has 0 N–H and O–H groups in total. The predicted octanol–water partition coefficient (Wildman–Crippen LogP) is 1.99. The van der Waals surface area contributed by atoms with Crippen LogP contribution in [0.4, 0.5) is 4.79 Å². The highest BCUT2D eigenvalue weighted by Gasteiger charge is 2.33. The molecule has 0 aromatic heterocycles. The van der Waals surface area contributed by atoms with Crippen molar-refractivity contribution in [3.8, 4) is 5.75 Å². The van der Waals surface area contributed by atoms with Crippen molar-refractivity contribution in [2.24, 2.45) is 5.92 Å². The quantitative estimate of drug-likeness (QED) is 0.772. The molecular formula is C20H27N3O3. The molecule has 0 saturated carbocycles. The number of nitrogens with zero attached hydrogens (tertiary/aromatic N) is 3. The molecule has 2 fully saturated rings. The van der Waals surface area contributed by atoms with Crippen molar-refractivity contribution in [1.82, 2.24) is 14.7 Å². The van der Waals surface area contributed by atoms with E-state index in [-0.39, 0.29) is 17.9 Å². The zero-order chi connectivity index (χ0) is 17.9. The van der Waals surface area contributed by atoms with Gasteiger partial charge in [0.2, 0.25) is 5.91 Å². The Kier molecular flexibility index (Phi) is 5.00. The Morgan fingerprint density at radius 2 is 1.50 bits per heavy atom. The number of rotatable bonds is 1. The van der Waals surface area contributed by atoms with Gasteiger partial charge in [-0.25, -0.2) is 4.79 Å². The average Bonchev–Trinajstić information content (AvgIpc) is 2.73. The van der Waals surface area contributed by atoms with Crippen molar-refractivity contribution in [3.63, 3.8) is 0 Å². The number of likely N-dealkylation sites (tertiary alicyclic amines) is 1. The topological polar surface area (TPSA) is 53.1 Å². The molecule has 1 aromatic carbocycles. The Labute approximate surface area is 154 Å². The molecule has 4 rings (SSSR count). The van der Waals surface area contributed by atoms with Crippen molar-refractivity contribution in [3.05, 3.63) is 29.8 Å². The Morgan fingerprint density at radius 1 is 0.846 bits per heavy atom. The van der Waals surface area contributed by atoms with Crippen LogP contribution in [0.1, 0.15) is 24.8 Å². The van der Waals surface area contributed by atoms with Crippen LogP contribution in [-0.4, -0.2) is 72.5 Å². The lowest BCUT2D eigenvalue weighted by Gasteiger charge is -2.39. The molecule has 0 aliphatic carbocycles. The fourth-order valence-corrected chi connectivity index (χ4v) is 4.15. The van der Waals surface area contributed by atoms with E-state index in [1.54, 1.807) is 0 Å². The number of hydrogen-bond acceptors (Lipinski definition) is 3. The second-order valence-electron chi connectivity index (χ2n) is 7.46. The molecule has 1 atom stereocenters. The molecule has 3 heterocycles. The fraction of sp³-hybridized carbons (Fsp3) is 0.600. The second kappa shape index (κ2) is 7.56. The molecule has 0 spiro atoms. The average molecular weight is 357 g/mol. The van der Waals surface area contributed by atoms with Crippen LogP contribution in [0.5, 0.6) is 5.75 Å². The van der Waals surface area contributed by atoms with E-state index in [1.807, 2.05) is 39.0 Å². The van der Waals surface area contributed by atoms with E-state index in [1.165, 1.54) is 6.42 Å². The molecule has 1 unspecified atom stereocenters.